The fourth-order valence-electron chi connectivity index (χ4n) is 1.94. The third kappa shape index (κ3) is 4.76. The highest BCUT2D eigenvalue weighted by Gasteiger charge is 2.04. The maximum atomic E-state index is 11.7. The third-order valence-corrected chi connectivity index (χ3v) is 3.02. The van der Waals surface area contributed by atoms with Crippen LogP contribution >= 0.6 is 0 Å². The van der Waals surface area contributed by atoms with Crippen molar-refractivity contribution in [3.63, 3.8) is 0 Å². The molecule has 0 fully saturated rings. The van der Waals surface area contributed by atoms with Crippen LogP contribution in [0.1, 0.15) is 25.7 Å². The van der Waals surface area contributed by atoms with Gasteiger partial charge < -0.3 is 10.4 Å². The molecule has 0 aliphatic heterocycles. The molecule has 110 valence electrons. The molecule has 0 spiro atoms. The number of carboxylic acid groups (broad SMARTS) is 1. The van der Waals surface area contributed by atoms with E-state index in [-0.39, 0.29) is 12.3 Å². The van der Waals surface area contributed by atoms with Crippen LogP contribution < -0.4 is 5.32 Å². The molecular formula is C15H17N3O3. The summed E-state index contributed by atoms with van der Waals surface area (Å²) in [7, 11) is 0. The van der Waals surface area contributed by atoms with Crippen LogP contribution in [0.5, 0.6) is 0 Å². The Bertz CT molecular complexity index is 591. The van der Waals surface area contributed by atoms with Gasteiger partial charge in [-0.3, -0.25) is 14.7 Å². The number of nitrogens with one attached hydrogen (secondary N) is 2. The topological polar surface area (TPSA) is 95.1 Å². The van der Waals surface area contributed by atoms with Gasteiger partial charge in [0.05, 0.1) is 5.69 Å². The Balaban J connectivity index is 1.80. The molecule has 6 heteroatoms. The van der Waals surface area contributed by atoms with Gasteiger partial charge in [0, 0.05) is 24.7 Å². The van der Waals surface area contributed by atoms with Gasteiger partial charge in [0.1, 0.15) is 0 Å². The maximum Gasteiger partial charge on any atom is 0.303 e. The zero-order chi connectivity index (χ0) is 15.1. The molecule has 1 amide bonds. The average molecular weight is 287 g/mol. The first-order valence-electron chi connectivity index (χ1n) is 6.76. The zero-order valence-corrected chi connectivity index (χ0v) is 11.5. The molecule has 0 atom stereocenters. The van der Waals surface area contributed by atoms with E-state index in [4.69, 9.17) is 5.11 Å². The van der Waals surface area contributed by atoms with Gasteiger partial charge in [-0.15, -0.1) is 0 Å². The fourth-order valence-corrected chi connectivity index (χ4v) is 1.94. The average Bonchev–Trinajstić information content (AvgIpc) is 2.98. The number of carbonyl (C=O) groups is 2. The molecular weight excluding hydrogens is 270 g/mol. The monoisotopic (exact) mass is 287 g/mol. The summed E-state index contributed by atoms with van der Waals surface area (Å²) in [6, 6.07) is 9.31. The zero-order valence-electron chi connectivity index (χ0n) is 11.5. The second kappa shape index (κ2) is 7.23. The number of H-pyrrole nitrogens is 1. The van der Waals surface area contributed by atoms with E-state index in [1.165, 1.54) is 0 Å². The van der Waals surface area contributed by atoms with E-state index >= 15 is 0 Å². The van der Waals surface area contributed by atoms with Crippen LogP contribution in [-0.2, 0) is 9.59 Å². The molecule has 3 N–H and O–H groups in total. The highest BCUT2D eigenvalue weighted by molar-refractivity contribution is 5.90. The number of nitrogens with zero attached hydrogens (tertiary/aromatic N) is 1. The summed E-state index contributed by atoms with van der Waals surface area (Å²) in [4.78, 5) is 22.1. The number of hydrogen-bond donors (Lipinski definition) is 3. The Morgan fingerprint density at radius 2 is 1.81 bits per heavy atom. The molecule has 0 aliphatic rings. The van der Waals surface area contributed by atoms with Crippen molar-refractivity contribution >= 4 is 17.6 Å². The van der Waals surface area contributed by atoms with Gasteiger partial charge in [-0.1, -0.05) is 12.1 Å². The summed E-state index contributed by atoms with van der Waals surface area (Å²) in [5.41, 5.74) is 2.63. The Kier molecular flexibility index (Phi) is 5.09. The van der Waals surface area contributed by atoms with Crippen LogP contribution in [0.4, 0.5) is 5.69 Å². The molecule has 0 saturated carbocycles. The molecule has 1 aromatic heterocycles. The van der Waals surface area contributed by atoms with Crippen molar-refractivity contribution in [3.05, 3.63) is 36.5 Å². The Morgan fingerprint density at radius 1 is 1.10 bits per heavy atom. The standard InChI is InChI=1S/C15H17N3O3/c19-14(3-1-2-4-15(20)21)17-12-7-5-11(6-8-12)13-9-10-16-18-13/h5-10H,1-4H2,(H,16,18)(H,17,19)(H,20,21). The van der Waals surface area contributed by atoms with Gasteiger partial charge in [0.2, 0.25) is 5.91 Å². The minimum atomic E-state index is -0.829. The Labute approximate surface area is 122 Å². The van der Waals surface area contributed by atoms with Crippen LogP contribution in [0.15, 0.2) is 36.5 Å². The van der Waals surface area contributed by atoms with Gasteiger partial charge in [-0.2, -0.15) is 5.10 Å². The van der Waals surface area contributed by atoms with Gasteiger partial charge >= 0.3 is 5.97 Å². The molecule has 2 aromatic rings. The van der Waals surface area contributed by atoms with Gasteiger partial charge in [-0.05, 0) is 36.6 Å². The summed E-state index contributed by atoms with van der Waals surface area (Å²) < 4.78 is 0. The second-order valence-electron chi connectivity index (χ2n) is 4.70. The lowest BCUT2D eigenvalue weighted by Gasteiger charge is -2.06. The van der Waals surface area contributed by atoms with Gasteiger partial charge in [0.25, 0.3) is 0 Å². The number of benzene rings is 1. The maximum absolute atomic E-state index is 11.7. The number of rotatable bonds is 7. The van der Waals surface area contributed by atoms with Gasteiger partial charge in [0.15, 0.2) is 0 Å². The second-order valence-corrected chi connectivity index (χ2v) is 4.70. The van der Waals surface area contributed by atoms with E-state index in [0.29, 0.717) is 19.3 Å². The summed E-state index contributed by atoms with van der Waals surface area (Å²) >= 11 is 0. The predicted octanol–water partition coefficient (Wildman–Crippen LogP) is 2.66. The summed E-state index contributed by atoms with van der Waals surface area (Å²) in [6.07, 6.45) is 3.20. The summed E-state index contributed by atoms with van der Waals surface area (Å²) in [6.45, 7) is 0. The molecule has 2 rings (SSSR count). The smallest absolute Gasteiger partial charge is 0.303 e. The van der Waals surface area contributed by atoms with Crippen LogP contribution in [0.25, 0.3) is 11.3 Å². The SMILES string of the molecule is O=C(O)CCCCC(=O)Nc1ccc(-c2ccn[nH]2)cc1. The highest BCUT2D eigenvalue weighted by atomic mass is 16.4. The Hall–Kier alpha value is -2.63. The van der Waals surface area contributed by atoms with E-state index in [1.54, 1.807) is 6.20 Å². The van der Waals surface area contributed by atoms with Crippen molar-refractivity contribution in [2.75, 3.05) is 5.32 Å². The summed E-state index contributed by atoms with van der Waals surface area (Å²) in [5.74, 6) is -0.931. The van der Waals surface area contributed by atoms with Crippen LogP contribution in [0.3, 0.4) is 0 Å². The van der Waals surface area contributed by atoms with E-state index in [9.17, 15) is 9.59 Å². The predicted molar refractivity (Wildman–Crippen MR) is 78.8 cm³/mol. The molecule has 1 heterocycles. The number of carboxylic acids is 1. The summed E-state index contributed by atoms with van der Waals surface area (Å²) in [5, 5.41) is 18.1. The fraction of sp³-hybridized carbons (Fsp3) is 0.267. The number of anilines is 1. The lowest BCUT2D eigenvalue weighted by atomic mass is 10.1. The lowest BCUT2D eigenvalue weighted by molar-refractivity contribution is -0.137. The minimum Gasteiger partial charge on any atom is -0.481 e. The van der Waals surface area contributed by atoms with Crippen molar-refractivity contribution in [3.8, 4) is 11.3 Å². The molecule has 0 aliphatic carbocycles. The Morgan fingerprint density at radius 3 is 2.43 bits per heavy atom. The first-order chi connectivity index (χ1) is 10.1. The molecule has 0 bridgehead atoms. The number of carbonyl (C=O) groups excluding carboxylic acids is 1. The van der Waals surface area contributed by atoms with Crippen molar-refractivity contribution < 1.29 is 14.7 Å². The van der Waals surface area contributed by atoms with Crippen molar-refractivity contribution in [2.45, 2.75) is 25.7 Å². The molecule has 21 heavy (non-hydrogen) atoms. The molecule has 6 nitrogen and oxygen atoms in total. The number of aliphatic carboxylic acids is 1. The van der Waals surface area contributed by atoms with E-state index in [2.05, 4.69) is 15.5 Å². The van der Waals surface area contributed by atoms with Crippen LogP contribution in [-0.4, -0.2) is 27.2 Å². The molecule has 0 saturated heterocycles. The van der Waals surface area contributed by atoms with Gasteiger partial charge in [-0.25, -0.2) is 0 Å². The van der Waals surface area contributed by atoms with E-state index in [0.717, 1.165) is 16.9 Å². The number of aromatic nitrogens is 2. The highest BCUT2D eigenvalue weighted by Crippen LogP contribution is 2.19. The number of hydrogen-bond acceptors (Lipinski definition) is 3. The molecule has 1 aromatic carbocycles. The number of amides is 1. The molecule has 0 unspecified atom stereocenters. The lowest BCUT2D eigenvalue weighted by Crippen LogP contribution is -2.11. The van der Waals surface area contributed by atoms with Crippen molar-refractivity contribution in [2.24, 2.45) is 0 Å². The normalized spacial score (nSPS) is 10.3. The quantitative estimate of drug-likeness (QED) is 0.682. The number of aromatic amines is 1. The van der Waals surface area contributed by atoms with Crippen molar-refractivity contribution in [1.29, 1.82) is 0 Å². The van der Waals surface area contributed by atoms with Crippen LogP contribution in [0.2, 0.25) is 0 Å². The first-order valence-corrected chi connectivity index (χ1v) is 6.76. The first kappa shape index (κ1) is 14.8. The number of unbranched alkanes of at least 4 members (excludes halogenated alkanes) is 1. The van der Waals surface area contributed by atoms with Crippen molar-refractivity contribution in [1.82, 2.24) is 10.2 Å². The van der Waals surface area contributed by atoms with E-state index < -0.39 is 5.97 Å². The van der Waals surface area contributed by atoms with E-state index in [1.807, 2.05) is 30.3 Å². The largest absolute Gasteiger partial charge is 0.481 e. The molecule has 0 radical (unpaired) electrons. The van der Waals surface area contributed by atoms with Crippen LogP contribution in [0, 0.1) is 0 Å². The minimum absolute atomic E-state index is 0.102. The third-order valence-electron chi connectivity index (χ3n) is 3.02.